The number of ketones is 1. The third-order valence-corrected chi connectivity index (χ3v) is 7.21. The highest BCUT2D eigenvalue weighted by atomic mass is 35.5. The zero-order valence-electron chi connectivity index (χ0n) is 19.0. The van der Waals surface area contributed by atoms with E-state index in [1.807, 2.05) is 41.9 Å². The van der Waals surface area contributed by atoms with Crippen molar-refractivity contribution in [3.8, 4) is 11.4 Å². The molecule has 0 saturated carbocycles. The third-order valence-electron chi connectivity index (χ3n) is 6.47. The fraction of sp³-hybridized carbons (Fsp3) is 0.308. The monoisotopic (exact) mass is 481 g/mol. The van der Waals surface area contributed by atoms with E-state index in [9.17, 15) is 4.79 Å². The Kier molecular flexibility index (Phi) is 5.30. The van der Waals surface area contributed by atoms with Crippen LogP contribution in [0.2, 0.25) is 10.0 Å². The average molecular weight is 482 g/mol. The summed E-state index contributed by atoms with van der Waals surface area (Å²) in [6.07, 6.45) is 1.28. The fourth-order valence-corrected chi connectivity index (χ4v) is 5.39. The first-order valence-corrected chi connectivity index (χ1v) is 11.7. The fourth-order valence-electron chi connectivity index (χ4n) is 5.09. The quantitative estimate of drug-likeness (QED) is 0.452. The average Bonchev–Trinajstić information content (AvgIpc) is 3.09. The number of carbonyl (C=O) groups excluding carboxylic acids is 1. The molecule has 5 rings (SSSR count). The normalized spacial score (nSPS) is 19.1. The van der Waals surface area contributed by atoms with E-state index in [-0.39, 0.29) is 17.1 Å². The molecule has 0 radical (unpaired) electrons. The Morgan fingerprint density at radius 1 is 1.12 bits per heavy atom. The lowest BCUT2D eigenvalue weighted by Crippen LogP contribution is -2.34. The minimum Gasteiger partial charge on any atom is -0.496 e. The van der Waals surface area contributed by atoms with Gasteiger partial charge in [0.05, 0.1) is 28.5 Å². The molecule has 3 aromatic rings. The molecule has 1 atom stereocenters. The van der Waals surface area contributed by atoms with Gasteiger partial charge in [0.2, 0.25) is 0 Å². The first kappa shape index (κ1) is 22.1. The van der Waals surface area contributed by atoms with Gasteiger partial charge in [-0.3, -0.25) is 4.79 Å². The summed E-state index contributed by atoms with van der Waals surface area (Å²) in [6.45, 7) is 6.23. The number of para-hydroxylation sites is 1. The number of nitrogens with one attached hydrogen (secondary N) is 1. The van der Waals surface area contributed by atoms with Gasteiger partial charge in [-0.15, -0.1) is 0 Å². The molecule has 1 aliphatic heterocycles. The van der Waals surface area contributed by atoms with Crippen molar-refractivity contribution < 1.29 is 9.53 Å². The van der Waals surface area contributed by atoms with Crippen LogP contribution in [0.4, 0.5) is 5.82 Å². The molecule has 33 heavy (non-hydrogen) atoms. The van der Waals surface area contributed by atoms with Crippen molar-refractivity contribution in [1.82, 2.24) is 9.78 Å². The van der Waals surface area contributed by atoms with Crippen molar-refractivity contribution in [2.24, 2.45) is 5.41 Å². The second kappa shape index (κ2) is 7.93. The van der Waals surface area contributed by atoms with Crippen LogP contribution in [-0.2, 0) is 4.79 Å². The molecule has 0 amide bonds. The number of fused-ring (bicyclic) bond motifs is 1. The van der Waals surface area contributed by atoms with Gasteiger partial charge in [-0.1, -0.05) is 55.2 Å². The second-order valence-electron chi connectivity index (χ2n) is 9.49. The largest absolute Gasteiger partial charge is 0.496 e. The lowest BCUT2D eigenvalue weighted by molar-refractivity contribution is -0.118. The molecule has 2 aliphatic rings. The zero-order chi connectivity index (χ0) is 23.5. The molecule has 170 valence electrons. The van der Waals surface area contributed by atoms with E-state index < -0.39 is 0 Å². The molecule has 0 fully saturated rings. The first-order valence-electron chi connectivity index (χ1n) is 10.9. The number of hydrogen-bond acceptors (Lipinski definition) is 4. The summed E-state index contributed by atoms with van der Waals surface area (Å²) in [6, 6.07) is 13.4. The van der Waals surface area contributed by atoms with Crippen molar-refractivity contribution >= 4 is 34.8 Å². The standard InChI is InChI=1S/C26H25Cl2N3O2/c1-14-22-23(16-7-5-6-8-21(16)33-4)24-19(12-26(2,3)13-20(24)32)29-25(22)31(30-14)15-9-10-17(27)18(28)11-15/h5-11,23,29H,12-13H2,1-4H3/t23-/m1/s1. The predicted octanol–water partition coefficient (Wildman–Crippen LogP) is 6.70. The molecular formula is C26H25Cl2N3O2. The Labute approximate surface area is 203 Å². The summed E-state index contributed by atoms with van der Waals surface area (Å²) in [5.74, 6) is 1.48. The van der Waals surface area contributed by atoms with Gasteiger partial charge in [0.15, 0.2) is 5.78 Å². The lowest BCUT2D eigenvalue weighted by atomic mass is 9.69. The van der Waals surface area contributed by atoms with Gasteiger partial charge < -0.3 is 10.1 Å². The van der Waals surface area contributed by atoms with Gasteiger partial charge in [0.1, 0.15) is 11.6 Å². The van der Waals surface area contributed by atoms with Crippen LogP contribution < -0.4 is 10.1 Å². The molecule has 1 aliphatic carbocycles. The number of aromatic nitrogens is 2. The molecule has 2 aromatic carbocycles. The second-order valence-corrected chi connectivity index (χ2v) is 10.3. The number of anilines is 1. The molecule has 0 bridgehead atoms. The molecule has 1 N–H and O–H groups in total. The summed E-state index contributed by atoms with van der Waals surface area (Å²) < 4.78 is 7.57. The van der Waals surface area contributed by atoms with Crippen LogP contribution in [-0.4, -0.2) is 22.7 Å². The summed E-state index contributed by atoms with van der Waals surface area (Å²) in [7, 11) is 1.66. The highest BCUT2D eigenvalue weighted by Gasteiger charge is 2.43. The summed E-state index contributed by atoms with van der Waals surface area (Å²) >= 11 is 12.5. The van der Waals surface area contributed by atoms with Crippen molar-refractivity contribution in [1.29, 1.82) is 0 Å². The van der Waals surface area contributed by atoms with Gasteiger partial charge in [-0.2, -0.15) is 5.10 Å². The Morgan fingerprint density at radius 3 is 2.61 bits per heavy atom. The summed E-state index contributed by atoms with van der Waals surface area (Å²) in [5, 5.41) is 9.39. The van der Waals surface area contributed by atoms with Crippen molar-refractivity contribution in [3.63, 3.8) is 0 Å². The maximum Gasteiger partial charge on any atom is 0.162 e. The Morgan fingerprint density at radius 2 is 1.88 bits per heavy atom. The maximum atomic E-state index is 13.5. The molecule has 0 spiro atoms. The van der Waals surface area contributed by atoms with Gasteiger partial charge in [0.25, 0.3) is 0 Å². The number of aryl methyl sites for hydroxylation is 1. The highest BCUT2D eigenvalue weighted by molar-refractivity contribution is 6.42. The number of hydrogen-bond donors (Lipinski definition) is 1. The van der Waals surface area contributed by atoms with E-state index in [4.69, 9.17) is 33.0 Å². The van der Waals surface area contributed by atoms with Gasteiger partial charge in [-0.05, 0) is 43.0 Å². The number of methoxy groups -OCH3 is 1. The molecule has 2 heterocycles. The van der Waals surface area contributed by atoms with E-state index in [2.05, 4.69) is 19.2 Å². The van der Waals surface area contributed by atoms with Crippen LogP contribution in [0, 0.1) is 12.3 Å². The van der Waals surface area contributed by atoms with E-state index in [1.165, 1.54) is 0 Å². The Bertz CT molecular complexity index is 1320. The minimum atomic E-state index is -0.271. The number of ether oxygens (including phenoxy) is 1. The maximum absolute atomic E-state index is 13.5. The van der Waals surface area contributed by atoms with Gasteiger partial charge >= 0.3 is 0 Å². The van der Waals surface area contributed by atoms with Crippen LogP contribution >= 0.6 is 23.2 Å². The van der Waals surface area contributed by atoms with Crippen molar-refractivity contribution in [2.45, 2.75) is 39.5 Å². The van der Waals surface area contributed by atoms with E-state index in [0.29, 0.717) is 16.5 Å². The number of nitrogens with zero attached hydrogens (tertiary/aromatic N) is 2. The predicted molar refractivity (Wildman–Crippen MR) is 132 cm³/mol. The van der Waals surface area contributed by atoms with E-state index >= 15 is 0 Å². The number of allylic oxidation sites excluding steroid dienone is 2. The van der Waals surface area contributed by atoms with Crippen LogP contribution in [0.5, 0.6) is 5.75 Å². The molecule has 1 aromatic heterocycles. The van der Waals surface area contributed by atoms with E-state index in [1.54, 1.807) is 19.2 Å². The van der Waals surface area contributed by atoms with Crippen molar-refractivity contribution in [2.75, 3.05) is 12.4 Å². The van der Waals surface area contributed by atoms with E-state index in [0.717, 1.165) is 51.8 Å². The Balaban J connectivity index is 1.78. The number of carbonyl (C=O) groups is 1. The number of rotatable bonds is 3. The molecule has 7 heteroatoms. The van der Waals surface area contributed by atoms with Crippen LogP contribution in [0.25, 0.3) is 5.69 Å². The van der Waals surface area contributed by atoms with Gasteiger partial charge in [0, 0.05) is 34.7 Å². The van der Waals surface area contributed by atoms with Gasteiger partial charge in [-0.25, -0.2) is 4.68 Å². The van der Waals surface area contributed by atoms with Crippen LogP contribution in [0.3, 0.4) is 0 Å². The highest BCUT2D eigenvalue weighted by Crippen LogP contribution is 2.51. The number of halogens is 2. The molecular weight excluding hydrogens is 457 g/mol. The minimum absolute atomic E-state index is 0.130. The lowest BCUT2D eigenvalue weighted by Gasteiger charge is -2.39. The van der Waals surface area contributed by atoms with Crippen LogP contribution in [0.15, 0.2) is 53.7 Å². The van der Waals surface area contributed by atoms with Crippen LogP contribution in [0.1, 0.15) is 49.4 Å². The number of Topliss-reactive ketones (excluding diaryl/α,β-unsaturated/α-hetero) is 1. The Hall–Kier alpha value is -2.76. The zero-order valence-corrected chi connectivity index (χ0v) is 20.5. The summed E-state index contributed by atoms with van der Waals surface area (Å²) in [4.78, 5) is 13.5. The molecule has 0 unspecified atom stereocenters. The molecule has 5 nitrogen and oxygen atoms in total. The molecule has 0 saturated heterocycles. The SMILES string of the molecule is COc1ccccc1[C@H]1C2=C(CC(C)(C)CC2=O)Nc2c1c(C)nn2-c1ccc(Cl)c(Cl)c1. The summed E-state index contributed by atoms with van der Waals surface area (Å²) in [5.41, 5.74) is 5.19. The third kappa shape index (κ3) is 3.64. The first-order chi connectivity index (χ1) is 15.7. The topological polar surface area (TPSA) is 56.1 Å². The number of benzene rings is 2. The smallest absolute Gasteiger partial charge is 0.162 e. The van der Waals surface area contributed by atoms with Crippen molar-refractivity contribution in [3.05, 3.63) is 80.6 Å².